The Labute approximate surface area is 170 Å². The molecule has 2 aromatic heterocycles. The number of aromatic amines is 1. The van der Waals surface area contributed by atoms with Crippen molar-refractivity contribution >= 4 is 27.2 Å². The number of imidazole rings is 1. The molecule has 1 fully saturated rings. The van der Waals surface area contributed by atoms with E-state index in [2.05, 4.69) is 25.6 Å². The first kappa shape index (κ1) is 19.7. The fourth-order valence-electron chi connectivity index (χ4n) is 2.81. The van der Waals surface area contributed by atoms with Gasteiger partial charge in [-0.25, -0.2) is 9.78 Å². The molecule has 1 saturated heterocycles. The number of aliphatic hydroxyl groups excluding tert-OH is 1. The lowest BCUT2D eigenvalue weighted by molar-refractivity contribution is -0.116. The number of H-pyrrole nitrogens is 1. The molecular formula is C17H23N6O5P. The summed E-state index contributed by atoms with van der Waals surface area (Å²) in [4.78, 5) is 34.7. The van der Waals surface area contributed by atoms with Crippen molar-refractivity contribution in [3.05, 3.63) is 47.0 Å². The van der Waals surface area contributed by atoms with Gasteiger partial charge in [0.05, 0.1) is 32.2 Å². The van der Waals surface area contributed by atoms with Gasteiger partial charge in [-0.05, 0) is 12.1 Å². The minimum atomic E-state index is -0.776. The largest absolute Gasteiger partial charge is 0.390 e. The zero-order valence-electron chi connectivity index (χ0n) is 16.4. The van der Waals surface area contributed by atoms with Crippen LogP contribution in [0.25, 0.3) is 6.08 Å². The summed E-state index contributed by atoms with van der Waals surface area (Å²) in [6.07, 6.45) is 5.91. The molecule has 0 radical (unpaired) electrons. The van der Waals surface area contributed by atoms with Crippen LogP contribution < -0.4 is 16.3 Å². The Morgan fingerprint density at radius 3 is 3.24 bits per heavy atom. The minimum absolute atomic E-state index is 0.101. The summed E-state index contributed by atoms with van der Waals surface area (Å²) >= 11 is 0. The average Bonchev–Trinajstić information content (AvgIpc) is 3.38. The molecule has 1 aliphatic rings. The van der Waals surface area contributed by atoms with Crippen LogP contribution in [0, 0.1) is 0 Å². The second-order valence-corrected chi connectivity index (χ2v) is 6.59. The molecule has 0 spiro atoms. The molecule has 4 unspecified atom stereocenters. The predicted octanol–water partition coefficient (Wildman–Crippen LogP) is -0.337. The molecule has 0 saturated carbocycles. The number of carbonyl (C=O) groups excluding carboxylic acids is 1. The molecular weight excluding hydrogens is 399 g/mol. The second-order valence-electron chi connectivity index (χ2n) is 6.30. The molecule has 0 aromatic carbocycles. The first-order chi connectivity index (χ1) is 14.6. The highest BCUT2D eigenvalue weighted by molar-refractivity contribution is 7.09. The van der Waals surface area contributed by atoms with Crippen molar-refractivity contribution in [1.29, 1.82) is 1.28 Å². The Morgan fingerprint density at radius 2 is 2.48 bits per heavy atom. The molecule has 1 aliphatic heterocycles. The zero-order chi connectivity index (χ0) is 21.3. The molecule has 2 aromatic rings. The summed E-state index contributed by atoms with van der Waals surface area (Å²) in [6.45, 7) is 0.823. The summed E-state index contributed by atoms with van der Waals surface area (Å²) in [5, 5.41) is 15.7. The molecule has 12 heteroatoms. The number of ether oxygens (including phenoxy) is 1. The standard InChI is InChI=1S/C17H23N6O5P/c24-12-7-16(28-13(12)9-27-29)23-6-3-14(22-17(23)26)19-4-5-20-15(25)2-1-11-8-18-10-21-11/h1-3,6,8,10,12-13,16,24H,4-5,7,9,29H2,(H,18,21)(H,20,25)(H,19,22,26)/i29T. The van der Waals surface area contributed by atoms with E-state index in [1.54, 1.807) is 18.3 Å². The van der Waals surface area contributed by atoms with Crippen molar-refractivity contribution in [3.8, 4) is 0 Å². The van der Waals surface area contributed by atoms with E-state index in [-0.39, 0.29) is 18.9 Å². The molecule has 0 aliphatic carbocycles. The van der Waals surface area contributed by atoms with E-state index in [9.17, 15) is 14.7 Å². The number of carbonyl (C=O) groups is 1. The minimum Gasteiger partial charge on any atom is -0.390 e. The number of anilines is 1. The molecule has 3 heterocycles. The Bertz CT molecular complexity index is 908. The lowest BCUT2D eigenvalue weighted by atomic mass is 10.2. The van der Waals surface area contributed by atoms with E-state index < -0.39 is 33.5 Å². The van der Waals surface area contributed by atoms with Crippen LogP contribution in [0.15, 0.2) is 35.7 Å². The van der Waals surface area contributed by atoms with Gasteiger partial charge in [0.2, 0.25) is 5.91 Å². The number of hydrogen-bond donors (Lipinski definition) is 4. The topological polar surface area (TPSA) is 143 Å². The van der Waals surface area contributed by atoms with Crippen LogP contribution in [0.5, 0.6) is 0 Å². The van der Waals surface area contributed by atoms with Gasteiger partial charge in [0.1, 0.15) is 18.1 Å². The number of nitrogens with one attached hydrogen (secondary N) is 3. The van der Waals surface area contributed by atoms with Crippen molar-refractivity contribution in [2.24, 2.45) is 0 Å². The number of amides is 1. The van der Waals surface area contributed by atoms with Gasteiger partial charge in [-0.1, -0.05) is 0 Å². The number of hydrogen-bond acceptors (Lipinski definition) is 8. The van der Waals surface area contributed by atoms with E-state index in [1.165, 1.54) is 23.2 Å². The number of nitrogens with zero attached hydrogens (tertiary/aromatic N) is 3. The van der Waals surface area contributed by atoms with Gasteiger partial charge >= 0.3 is 5.69 Å². The van der Waals surface area contributed by atoms with E-state index in [0.717, 1.165) is 5.69 Å². The van der Waals surface area contributed by atoms with E-state index in [1.807, 2.05) is 0 Å². The number of aromatic nitrogens is 4. The number of aliphatic hydroxyl groups is 1. The van der Waals surface area contributed by atoms with Crippen LogP contribution in [0.3, 0.4) is 0 Å². The highest BCUT2D eigenvalue weighted by atomic mass is 31.0. The van der Waals surface area contributed by atoms with Crippen LogP contribution in [0.4, 0.5) is 5.82 Å². The smallest absolute Gasteiger partial charge is 0.351 e. The first-order valence-corrected chi connectivity index (χ1v) is 9.37. The lowest BCUT2D eigenvalue weighted by Crippen LogP contribution is -2.30. The predicted molar refractivity (Wildman–Crippen MR) is 108 cm³/mol. The highest BCUT2D eigenvalue weighted by Crippen LogP contribution is 2.28. The van der Waals surface area contributed by atoms with Crippen LogP contribution in [0.2, 0.25) is 0 Å². The van der Waals surface area contributed by atoms with Gasteiger partial charge in [-0.15, -0.1) is 0 Å². The van der Waals surface area contributed by atoms with Gasteiger partial charge in [-0.3, -0.25) is 9.36 Å². The molecule has 4 atom stereocenters. The van der Waals surface area contributed by atoms with Crippen molar-refractivity contribution in [3.63, 3.8) is 0 Å². The van der Waals surface area contributed by atoms with Crippen molar-refractivity contribution < 1.29 is 19.2 Å². The summed E-state index contributed by atoms with van der Waals surface area (Å²) in [5.41, 5.74) is 0.204. The Kier molecular flexibility index (Phi) is 6.98. The Balaban J connectivity index is 1.44. The van der Waals surface area contributed by atoms with E-state index >= 15 is 0 Å². The summed E-state index contributed by atoms with van der Waals surface area (Å²) in [6, 6.07) is 1.62. The molecule has 29 heavy (non-hydrogen) atoms. The first-order valence-electron chi connectivity index (χ1n) is 9.46. The number of rotatable bonds is 10. The summed E-state index contributed by atoms with van der Waals surface area (Å²) in [7, 11) is -0.443. The Morgan fingerprint density at radius 1 is 1.59 bits per heavy atom. The maximum Gasteiger partial charge on any atom is 0.351 e. The van der Waals surface area contributed by atoms with Gasteiger partial charge in [-0.2, -0.15) is 4.98 Å². The van der Waals surface area contributed by atoms with E-state index in [4.69, 9.17) is 10.5 Å². The van der Waals surface area contributed by atoms with Crippen molar-refractivity contribution in [1.82, 2.24) is 24.8 Å². The SMILES string of the molecule is [3H]POCC1OC(n2ccc(NCCNC(=O)C=Cc3cnc[nH]3)nc2=O)CC1O. The molecule has 1 amide bonds. The quantitative estimate of drug-likeness (QED) is 0.231. The normalized spacial score (nSPS) is 22.4. The van der Waals surface area contributed by atoms with Gasteiger partial charge in [0.15, 0.2) is 0 Å². The molecule has 156 valence electrons. The third-order valence-corrected chi connectivity index (χ3v) is 4.42. The summed E-state index contributed by atoms with van der Waals surface area (Å²) in [5.74, 6) is 0.114. The maximum absolute atomic E-state index is 12.3. The van der Waals surface area contributed by atoms with E-state index in [0.29, 0.717) is 18.9 Å². The third-order valence-electron chi connectivity index (χ3n) is 4.26. The molecule has 4 N–H and O–H groups in total. The van der Waals surface area contributed by atoms with Crippen LogP contribution in [0.1, 0.15) is 18.3 Å². The molecule has 0 bridgehead atoms. The van der Waals surface area contributed by atoms with Crippen molar-refractivity contribution in [2.45, 2.75) is 24.9 Å². The highest BCUT2D eigenvalue weighted by Gasteiger charge is 2.35. The van der Waals surface area contributed by atoms with Crippen LogP contribution in [-0.2, 0) is 14.1 Å². The van der Waals surface area contributed by atoms with Crippen LogP contribution >= 0.6 is 9.41 Å². The Hall–Kier alpha value is -2.59. The molecule has 11 nitrogen and oxygen atoms in total. The monoisotopic (exact) mass is 424 g/mol. The second kappa shape index (κ2) is 10.3. The van der Waals surface area contributed by atoms with Gasteiger partial charge in [0.25, 0.3) is 0 Å². The average molecular weight is 424 g/mol. The zero-order valence-corrected chi connectivity index (χ0v) is 16.4. The fourth-order valence-corrected chi connectivity index (χ4v) is 2.97. The molecule has 3 rings (SSSR count). The maximum atomic E-state index is 12.3. The lowest BCUT2D eigenvalue weighted by Gasteiger charge is -2.15. The third kappa shape index (κ3) is 5.94. The van der Waals surface area contributed by atoms with Crippen molar-refractivity contribution in [2.75, 3.05) is 25.0 Å². The fraction of sp³-hybridized carbons (Fsp3) is 0.412. The summed E-state index contributed by atoms with van der Waals surface area (Å²) < 4.78 is 18.9. The van der Waals surface area contributed by atoms with Crippen LogP contribution in [-0.4, -0.2) is 63.7 Å². The van der Waals surface area contributed by atoms with Gasteiger partial charge < -0.3 is 30.0 Å². The van der Waals surface area contributed by atoms with Gasteiger partial charge in [0, 0.05) is 41.2 Å².